The van der Waals surface area contributed by atoms with Crippen molar-refractivity contribution in [1.82, 2.24) is 10.3 Å². The summed E-state index contributed by atoms with van der Waals surface area (Å²) in [6.07, 6.45) is 0. The van der Waals surface area contributed by atoms with Gasteiger partial charge >= 0.3 is 0 Å². The van der Waals surface area contributed by atoms with E-state index in [1.54, 1.807) is 11.3 Å². The maximum Gasteiger partial charge on any atom is 0.261 e. The van der Waals surface area contributed by atoms with Crippen LogP contribution in [0.4, 0.5) is 0 Å². The molecule has 3 N–H and O–H groups in total. The minimum absolute atomic E-state index is 0. The van der Waals surface area contributed by atoms with E-state index in [1.165, 1.54) is 11.3 Å². The molecule has 1 amide bonds. The van der Waals surface area contributed by atoms with E-state index in [9.17, 15) is 4.79 Å². The Balaban J connectivity index is 0.00000192. The van der Waals surface area contributed by atoms with Crippen molar-refractivity contribution in [3.05, 3.63) is 41.3 Å². The van der Waals surface area contributed by atoms with Gasteiger partial charge in [-0.25, -0.2) is 4.98 Å². The van der Waals surface area contributed by atoms with Crippen LogP contribution in [0, 0.1) is 0 Å². The van der Waals surface area contributed by atoms with Gasteiger partial charge in [0.2, 0.25) is 0 Å². The van der Waals surface area contributed by atoms with Crippen molar-refractivity contribution in [3.8, 4) is 9.88 Å². The Kier molecular flexibility index (Phi) is 5.41. The van der Waals surface area contributed by atoms with Crippen LogP contribution < -0.4 is 11.1 Å². The Hall–Kier alpha value is -1.47. The van der Waals surface area contributed by atoms with Gasteiger partial charge in [0.05, 0.1) is 20.0 Å². The second-order valence-electron chi connectivity index (χ2n) is 5.82. The monoisotopic (exact) mass is 367 g/mol. The Morgan fingerprint density at radius 3 is 2.65 bits per heavy atom. The number of hydrogen-bond acceptors (Lipinski definition) is 5. The van der Waals surface area contributed by atoms with Crippen molar-refractivity contribution < 1.29 is 4.79 Å². The Morgan fingerprint density at radius 1 is 1.22 bits per heavy atom. The highest BCUT2D eigenvalue weighted by Crippen LogP contribution is 2.34. The number of hydrogen-bond donors (Lipinski definition) is 2. The summed E-state index contributed by atoms with van der Waals surface area (Å²) in [5, 5.41) is 3.81. The molecule has 3 aromatic rings. The van der Waals surface area contributed by atoms with Crippen LogP contribution in [0.15, 0.2) is 36.4 Å². The van der Waals surface area contributed by atoms with Gasteiger partial charge in [0, 0.05) is 12.1 Å². The molecule has 0 aliphatic carbocycles. The van der Waals surface area contributed by atoms with E-state index in [-0.39, 0.29) is 18.3 Å². The third kappa shape index (κ3) is 4.29. The lowest BCUT2D eigenvalue weighted by atomic mass is 10.1. The number of nitrogens with one attached hydrogen (secondary N) is 1. The van der Waals surface area contributed by atoms with E-state index < -0.39 is 5.54 Å². The van der Waals surface area contributed by atoms with Gasteiger partial charge in [0.1, 0.15) is 5.01 Å². The van der Waals surface area contributed by atoms with E-state index in [0.717, 1.165) is 20.1 Å². The van der Waals surface area contributed by atoms with Gasteiger partial charge in [0.25, 0.3) is 5.91 Å². The van der Waals surface area contributed by atoms with Gasteiger partial charge in [-0.1, -0.05) is 12.1 Å². The van der Waals surface area contributed by atoms with E-state index in [2.05, 4.69) is 16.4 Å². The molecule has 0 spiro atoms. The van der Waals surface area contributed by atoms with Crippen molar-refractivity contribution >= 4 is 51.2 Å². The number of thiazole rings is 1. The maximum absolute atomic E-state index is 12.1. The van der Waals surface area contributed by atoms with Crippen LogP contribution in [0.3, 0.4) is 0 Å². The van der Waals surface area contributed by atoms with Crippen LogP contribution in [0.25, 0.3) is 20.1 Å². The lowest BCUT2D eigenvalue weighted by molar-refractivity contribution is 0.0950. The molecule has 122 valence electrons. The van der Waals surface area contributed by atoms with E-state index in [1.807, 2.05) is 44.2 Å². The first kappa shape index (κ1) is 17.9. The van der Waals surface area contributed by atoms with Crippen LogP contribution in [0.1, 0.15) is 23.5 Å². The molecule has 1 aromatic carbocycles. The topological polar surface area (TPSA) is 68.0 Å². The minimum Gasteiger partial charge on any atom is -0.350 e. The highest BCUT2D eigenvalue weighted by molar-refractivity contribution is 7.26. The zero-order valence-electron chi connectivity index (χ0n) is 12.8. The molecule has 0 saturated carbocycles. The van der Waals surface area contributed by atoms with Crippen LogP contribution in [-0.2, 0) is 0 Å². The summed E-state index contributed by atoms with van der Waals surface area (Å²) < 4.78 is 1.15. The predicted molar refractivity (Wildman–Crippen MR) is 101 cm³/mol. The molecule has 0 radical (unpaired) electrons. The quantitative estimate of drug-likeness (QED) is 0.734. The van der Waals surface area contributed by atoms with Crippen LogP contribution in [0.5, 0.6) is 0 Å². The minimum atomic E-state index is -0.414. The summed E-state index contributed by atoms with van der Waals surface area (Å²) in [5.74, 6) is -0.0871. The number of amides is 1. The maximum atomic E-state index is 12.1. The Bertz CT molecular complexity index is 787. The van der Waals surface area contributed by atoms with E-state index in [0.29, 0.717) is 11.4 Å². The average molecular weight is 368 g/mol. The van der Waals surface area contributed by atoms with Crippen molar-refractivity contribution in [1.29, 1.82) is 0 Å². The number of benzene rings is 1. The summed E-state index contributed by atoms with van der Waals surface area (Å²) >= 11 is 3.10. The summed E-state index contributed by atoms with van der Waals surface area (Å²) in [5.41, 5.74) is 6.46. The first-order valence-corrected chi connectivity index (χ1v) is 8.58. The molecule has 0 atom stereocenters. The SMILES string of the molecule is CC(C)(N)CNC(=O)c1ccc(-c2nc3ccccc3s2)s1.Cl. The molecule has 0 aliphatic heterocycles. The number of thiophene rings is 1. The van der Waals surface area contributed by atoms with E-state index >= 15 is 0 Å². The molecule has 23 heavy (non-hydrogen) atoms. The molecular weight excluding hydrogens is 350 g/mol. The first-order chi connectivity index (χ1) is 10.4. The van der Waals surface area contributed by atoms with Crippen LogP contribution in [-0.4, -0.2) is 23.0 Å². The number of nitrogens with zero attached hydrogens (tertiary/aromatic N) is 1. The number of rotatable bonds is 4. The van der Waals surface area contributed by atoms with Crippen LogP contribution >= 0.6 is 35.1 Å². The van der Waals surface area contributed by atoms with Gasteiger partial charge in [-0.15, -0.1) is 35.1 Å². The zero-order chi connectivity index (χ0) is 15.7. The molecular formula is C16H18ClN3OS2. The molecule has 0 aliphatic rings. The highest BCUT2D eigenvalue weighted by atomic mass is 35.5. The number of para-hydroxylation sites is 1. The zero-order valence-corrected chi connectivity index (χ0v) is 15.3. The summed E-state index contributed by atoms with van der Waals surface area (Å²) in [6, 6.07) is 11.8. The summed E-state index contributed by atoms with van der Waals surface area (Å²) in [4.78, 5) is 18.4. The number of fused-ring (bicyclic) bond motifs is 1. The average Bonchev–Trinajstić information content (AvgIpc) is 3.09. The van der Waals surface area contributed by atoms with Gasteiger partial charge in [0.15, 0.2) is 0 Å². The number of halogens is 1. The third-order valence-electron chi connectivity index (χ3n) is 3.04. The second kappa shape index (κ2) is 6.97. The fourth-order valence-electron chi connectivity index (χ4n) is 1.95. The molecule has 3 rings (SSSR count). The lowest BCUT2D eigenvalue weighted by Gasteiger charge is -2.18. The molecule has 4 nitrogen and oxygen atoms in total. The Labute approximate surface area is 149 Å². The van der Waals surface area contributed by atoms with Crippen molar-refractivity contribution in [2.75, 3.05) is 6.54 Å². The lowest BCUT2D eigenvalue weighted by Crippen LogP contribution is -2.44. The number of carbonyl (C=O) groups is 1. The first-order valence-electron chi connectivity index (χ1n) is 6.95. The van der Waals surface area contributed by atoms with Gasteiger partial charge in [-0.3, -0.25) is 4.79 Å². The third-order valence-corrected chi connectivity index (χ3v) is 5.33. The number of nitrogens with two attached hydrogens (primary N) is 1. The summed E-state index contributed by atoms with van der Waals surface area (Å²) in [6.45, 7) is 4.21. The molecule has 7 heteroatoms. The Morgan fingerprint density at radius 2 is 1.96 bits per heavy atom. The predicted octanol–water partition coefficient (Wildman–Crippen LogP) is 3.91. The van der Waals surface area contributed by atoms with Crippen LogP contribution in [0.2, 0.25) is 0 Å². The molecule has 2 heterocycles. The fraction of sp³-hybridized carbons (Fsp3) is 0.250. The summed E-state index contributed by atoms with van der Waals surface area (Å²) in [7, 11) is 0. The molecule has 0 bridgehead atoms. The van der Waals surface area contributed by atoms with Gasteiger partial charge < -0.3 is 11.1 Å². The van der Waals surface area contributed by atoms with Crippen molar-refractivity contribution in [2.24, 2.45) is 5.73 Å². The fourth-order valence-corrected chi connectivity index (χ4v) is 3.89. The van der Waals surface area contributed by atoms with E-state index in [4.69, 9.17) is 5.73 Å². The molecule has 0 saturated heterocycles. The van der Waals surface area contributed by atoms with Gasteiger partial charge in [-0.2, -0.15) is 0 Å². The highest BCUT2D eigenvalue weighted by Gasteiger charge is 2.16. The normalized spacial score (nSPS) is 11.3. The molecule has 0 fully saturated rings. The van der Waals surface area contributed by atoms with Crippen molar-refractivity contribution in [2.45, 2.75) is 19.4 Å². The van der Waals surface area contributed by atoms with Crippen molar-refractivity contribution in [3.63, 3.8) is 0 Å². The number of carbonyl (C=O) groups excluding carboxylic acids is 1. The standard InChI is InChI=1S/C16H17N3OS2.ClH/c1-16(2,17)9-18-14(20)12-7-8-13(21-12)15-19-10-5-3-4-6-11(10)22-15;/h3-8H,9,17H2,1-2H3,(H,18,20);1H. The molecule has 0 unspecified atom stereocenters. The smallest absolute Gasteiger partial charge is 0.261 e. The largest absolute Gasteiger partial charge is 0.350 e. The second-order valence-corrected chi connectivity index (χ2v) is 7.94. The number of aromatic nitrogens is 1. The van der Waals surface area contributed by atoms with Gasteiger partial charge in [-0.05, 0) is 38.1 Å². The molecule has 2 aromatic heterocycles.